The average Bonchev–Trinajstić information content (AvgIpc) is 2.86. The number of hydrogen-bond acceptors (Lipinski definition) is 7. The summed E-state index contributed by atoms with van der Waals surface area (Å²) in [5, 5.41) is 10.1. The van der Waals surface area contributed by atoms with E-state index in [2.05, 4.69) is 14.9 Å². The fourth-order valence-corrected chi connectivity index (χ4v) is 4.38. The second kappa shape index (κ2) is 4.69. The Bertz CT molecular complexity index is 616. The van der Waals surface area contributed by atoms with Crippen molar-refractivity contribution in [3.63, 3.8) is 0 Å². The third-order valence-electron chi connectivity index (χ3n) is 1.93. The molecule has 9 heteroatoms. The van der Waals surface area contributed by atoms with E-state index in [1.165, 1.54) is 28.7 Å². The van der Waals surface area contributed by atoms with Crippen molar-refractivity contribution in [2.24, 2.45) is 5.73 Å². The minimum Gasteiger partial charge on any atom is -0.326 e. The molecule has 92 valence electrons. The van der Waals surface area contributed by atoms with E-state index >= 15 is 0 Å². The fraction of sp³-hybridized carbons (Fsp3) is 0.250. The number of anilines is 1. The number of aryl methyl sites for hydroxylation is 1. The standard InChI is InChI=1S/C8H10N4O2S3/c1-5-10-11-8(16-5)12-17(13,14)7-2-3-15-6(7)4-9/h2-3H,4,9H2,1H3,(H,11,12). The second-order valence-electron chi connectivity index (χ2n) is 3.14. The van der Waals surface area contributed by atoms with Crippen molar-refractivity contribution >= 4 is 37.8 Å². The largest absolute Gasteiger partial charge is 0.326 e. The van der Waals surface area contributed by atoms with E-state index in [0.717, 1.165) is 0 Å². The quantitative estimate of drug-likeness (QED) is 0.880. The SMILES string of the molecule is Cc1nnc(NS(=O)(=O)c2ccsc2CN)s1. The number of hydrogen-bond donors (Lipinski definition) is 2. The first-order valence-electron chi connectivity index (χ1n) is 4.62. The van der Waals surface area contributed by atoms with Crippen LogP contribution in [0.15, 0.2) is 16.3 Å². The predicted molar refractivity (Wildman–Crippen MR) is 67.7 cm³/mol. The molecule has 2 aromatic rings. The third kappa shape index (κ3) is 2.63. The highest BCUT2D eigenvalue weighted by atomic mass is 32.2. The minimum atomic E-state index is -3.61. The number of nitrogens with zero attached hydrogens (tertiary/aromatic N) is 2. The zero-order valence-electron chi connectivity index (χ0n) is 8.87. The number of nitrogens with one attached hydrogen (secondary N) is 1. The summed E-state index contributed by atoms with van der Waals surface area (Å²) in [5.41, 5.74) is 5.48. The average molecular weight is 290 g/mol. The molecule has 0 aliphatic heterocycles. The molecule has 0 radical (unpaired) electrons. The molecule has 2 heterocycles. The molecule has 3 N–H and O–H groups in total. The van der Waals surface area contributed by atoms with Crippen LogP contribution in [0.1, 0.15) is 9.88 Å². The molecule has 0 unspecified atom stereocenters. The Morgan fingerprint density at radius 2 is 2.24 bits per heavy atom. The summed E-state index contributed by atoms with van der Waals surface area (Å²) in [6, 6.07) is 1.53. The Morgan fingerprint density at radius 3 is 2.82 bits per heavy atom. The lowest BCUT2D eigenvalue weighted by molar-refractivity contribution is 0.600. The summed E-state index contributed by atoms with van der Waals surface area (Å²) in [5.74, 6) is 0. The third-order valence-corrected chi connectivity index (χ3v) is 5.31. The zero-order valence-corrected chi connectivity index (χ0v) is 11.3. The van der Waals surface area contributed by atoms with Gasteiger partial charge in [0.05, 0.1) is 0 Å². The normalized spacial score (nSPS) is 11.6. The molecule has 0 amide bonds. The van der Waals surface area contributed by atoms with Crippen molar-refractivity contribution in [1.29, 1.82) is 0 Å². The van der Waals surface area contributed by atoms with Crippen LogP contribution in [0.4, 0.5) is 5.13 Å². The first kappa shape index (κ1) is 12.4. The first-order valence-corrected chi connectivity index (χ1v) is 7.80. The van der Waals surface area contributed by atoms with Crippen LogP contribution < -0.4 is 10.5 Å². The molecule has 0 aliphatic rings. The van der Waals surface area contributed by atoms with Gasteiger partial charge in [0.1, 0.15) is 9.90 Å². The van der Waals surface area contributed by atoms with E-state index in [1.807, 2.05) is 0 Å². The summed E-state index contributed by atoms with van der Waals surface area (Å²) >= 11 is 2.50. The van der Waals surface area contributed by atoms with Crippen LogP contribution in [0.2, 0.25) is 0 Å². The molecule has 0 bridgehead atoms. The maximum Gasteiger partial charge on any atom is 0.264 e. The van der Waals surface area contributed by atoms with Gasteiger partial charge in [-0.25, -0.2) is 8.42 Å². The maximum atomic E-state index is 12.0. The van der Waals surface area contributed by atoms with Crippen molar-refractivity contribution in [3.05, 3.63) is 21.3 Å². The van der Waals surface area contributed by atoms with Gasteiger partial charge in [0.15, 0.2) is 0 Å². The lowest BCUT2D eigenvalue weighted by Gasteiger charge is -2.04. The predicted octanol–water partition coefficient (Wildman–Crippen LogP) is 1.17. The van der Waals surface area contributed by atoms with Gasteiger partial charge in [-0.15, -0.1) is 21.5 Å². The molecule has 0 aromatic carbocycles. The summed E-state index contributed by atoms with van der Waals surface area (Å²) in [6.45, 7) is 1.95. The van der Waals surface area contributed by atoms with Crippen LogP contribution in [0.5, 0.6) is 0 Å². The van der Waals surface area contributed by atoms with Crippen LogP contribution in [-0.2, 0) is 16.6 Å². The van der Waals surface area contributed by atoms with E-state index in [0.29, 0.717) is 9.88 Å². The highest BCUT2D eigenvalue weighted by Crippen LogP contribution is 2.24. The number of sulfonamides is 1. The van der Waals surface area contributed by atoms with Crippen molar-refractivity contribution in [3.8, 4) is 0 Å². The molecule has 0 aliphatic carbocycles. The Kier molecular flexibility index (Phi) is 3.43. The first-order chi connectivity index (χ1) is 8.03. The molecule has 6 nitrogen and oxygen atoms in total. The lowest BCUT2D eigenvalue weighted by Crippen LogP contribution is -2.14. The van der Waals surface area contributed by atoms with E-state index in [9.17, 15) is 8.42 Å². The number of thiophene rings is 1. The smallest absolute Gasteiger partial charge is 0.264 e. The topological polar surface area (TPSA) is 98.0 Å². The molecule has 0 atom stereocenters. The molecule has 2 aromatic heterocycles. The van der Waals surface area contributed by atoms with Gasteiger partial charge in [-0.3, -0.25) is 4.72 Å². The summed E-state index contributed by atoms with van der Waals surface area (Å²) in [6.07, 6.45) is 0. The van der Waals surface area contributed by atoms with Crippen LogP contribution in [-0.4, -0.2) is 18.6 Å². The van der Waals surface area contributed by atoms with Crippen LogP contribution in [0, 0.1) is 6.92 Å². The van der Waals surface area contributed by atoms with Gasteiger partial charge in [0, 0.05) is 11.4 Å². The van der Waals surface area contributed by atoms with Crippen LogP contribution in [0.3, 0.4) is 0 Å². The van der Waals surface area contributed by atoms with Gasteiger partial charge in [-0.05, 0) is 18.4 Å². The Labute approximate surface area is 107 Å². The number of rotatable bonds is 4. The van der Waals surface area contributed by atoms with E-state index in [1.54, 1.807) is 12.3 Å². The van der Waals surface area contributed by atoms with Gasteiger partial charge in [0.25, 0.3) is 10.0 Å². The second-order valence-corrected chi connectivity index (χ2v) is 6.98. The van der Waals surface area contributed by atoms with Gasteiger partial charge in [-0.2, -0.15) is 0 Å². The monoisotopic (exact) mass is 290 g/mol. The Balaban J connectivity index is 2.31. The van der Waals surface area contributed by atoms with Crippen molar-refractivity contribution in [1.82, 2.24) is 10.2 Å². The fourth-order valence-electron chi connectivity index (χ4n) is 1.22. The molecular weight excluding hydrogens is 280 g/mol. The molecule has 2 rings (SSSR count). The zero-order chi connectivity index (χ0) is 12.5. The van der Waals surface area contributed by atoms with Crippen molar-refractivity contribution in [2.75, 3.05) is 4.72 Å². The molecule has 0 spiro atoms. The molecular formula is C8H10N4O2S3. The summed E-state index contributed by atoms with van der Waals surface area (Å²) in [7, 11) is -3.61. The Morgan fingerprint density at radius 1 is 1.47 bits per heavy atom. The van der Waals surface area contributed by atoms with Gasteiger partial charge in [-0.1, -0.05) is 11.3 Å². The lowest BCUT2D eigenvalue weighted by atomic mass is 10.5. The van der Waals surface area contributed by atoms with Crippen molar-refractivity contribution in [2.45, 2.75) is 18.4 Å². The number of nitrogens with two attached hydrogens (primary N) is 1. The van der Waals surface area contributed by atoms with E-state index < -0.39 is 10.0 Å². The van der Waals surface area contributed by atoms with Crippen molar-refractivity contribution < 1.29 is 8.42 Å². The molecule has 0 saturated heterocycles. The Hall–Kier alpha value is -1.03. The van der Waals surface area contributed by atoms with E-state index in [-0.39, 0.29) is 16.6 Å². The summed E-state index contributed by atoms with van der Waals surface area (Å²) < 4.78 is 26.4. The minimum absolute atomic E-state index is 0.197. The van der Waals surface area contributed by atoms with Gasteiger partial charge in [0.2, 0.25) is 5.13 Å². The highest BCUT2D eigenvalue weighted by Gasteiger charge is 2.20. The molecule has 0 fully saturated rings. The number of aromatic nitrogens is 2. The molecule has 17 heavy (non-hydrogen) atoms. The maximum absolute atomic E-state index is 12.0. The van der Waals surface area contributed by atoms with Crippen LogP contribution in [0.25, 0.3) is 0 Å². The molecule has 0 saturated carbocycles. The van der Waals surface area contributed by atoms with Gasteiger partial charge >= 0.3 is 0 Å². The summed E-state index contributed by atoms with van der Waals surface area (Å²) in [4.78, 5) is 0.830. The van der Waals surface area contributed by atoms with Gasteiger partial charge < -0.3 is 5.73 Å². The highest BCUT2D eigenvalue weighted by molar-refractivity contribution is 7.93. The van der Waals surface area contributed by atoms with E-state index in [4.69, 9.17) is 5.73 Å². The van der Waals surface area contributed by atoms with Crippen LogP contribution >= 0.6 is 22.7 Å².